The lowest BCUT2D eigenvalue weighted by Crippen LogP contribution is -2.59. The predicted octanol–water partition coefficient (Wildman–Crippen LogP) is 0.381. The first-order valence-corrected chi connectivity index (χ1v) is 6.92. The third-order valence-electron chi connectivity index (χ3n) is 3.82. The summed E-state index contributed by atoms with van der Waals surface area (Å²) >= 11 is 0. The van der Waals surface area contributed by atoms with Crippen molar-refractivity contribution >= 4 is 17.8 Å². The minimum absolute atomic E-state index is 0.0232. The maximum atomic E-state index is 12.1. The SMILES string of the molecule is C#CCCCCC(=O)N1CCCC2(C1)NC(=O)NC2=O. The molecule has 2 aliphatic heterocycles. The molecule has 0 radical (unpaired) electrons. The number of nitrogens with zero attached hydrogens (tertiary/aromatic N) is 1. The van der Waals surface area contributed by atoms with Gasteiger partial charge in [0.15, 0.2) is 0 Å². The van der Waals surface area contributed by atoms with Crippen LogP contribution in [0, 0.1) is 12.3 Å². The van der Waals surface area contributed by atoms with Crippen molar-refractivity contribution in [2.24, 2.45) is 0 Å². The van der Waals surface area contributed by atoms with E-state index in [1.807, 2.05) is 0 Å². The van der Waals surface area contributed by atoms with Gasteiger partial charge in [-0.25, -0.2) is 4.79 Å². The van der Waals surface area contributed by atoms with E-state index in [4.69, 9.17) is 6.42 Å². The summed E-state index contributed by atoms with van der Waals surface area (Å²) in [5.74, 6) is 2.24. The molecular weight excluding hydrogens is 258 g/mol. The van der Waals surface area contributed by atoms with Crippen LogP contribution < -0.4 is 10.6 Å². The number of unbranched alkanes of at least 4 members (excludes halogenated alkanes) is 2. The van der Waals surface area contributed by atoms with E-state index in [9.17, 15) is 14.4 Å². The molecule has 6 nitrogen and oxygen atoms in total. The third kappa shape index (κ3) is 2.93. The zero-order chi connectivity index (χ0) is 14.6. The molecule has 0 saturated carbocycles. The van der Waals surface area contributed by atoms with Crippen LogP contribution in [0.25, 0.3) is 0 Å². The summed E-state index contributed by atoms with van der Waals surface area (Å²) in [4.78, 5) is 36.9. The Morgan fingerprint density at radius 2 is 2.20 bits per heavy atom. The van der Waals surface area contributed by atoms with Gasteiger partial charge in [0.05, 0.1) is 6.54 Å². The minimum Gasteiger partial charge on any atom is -0.340 e. The highest BCUT2D eigenvalue weighted by atomic mass is 16.2. The highest BCUT2D eigenvalue weighted by Gasteiger charge is 2.49. The number of hydrogen-bond acceptors (Lipinski definition) is 3. The first-order chi connectivity index (χ1) is 9.57. The van der Waals surface area contributed by atoms with Crippen LogP contribution >= 0.6 is 0 Å². The third-order valence-corrected chi connectivity index (χ3v) is 3.82. The van der Waals surface area contributed by atoms with E-state index in [2.05, 4.69) is 16.6 Å². The van der Waals surface area contributed by atoms with E-state index in [0.717, 1.165) is 12.8 Å². The van der Waals surface area contributed by atoms with Crippen molar-refractivity contribution in [1.82, 2.24) is 15.5 Å². The predicted molar refractivity (Wildman–Crippen MR) is 72.5 cm³/mol. The van der Waals surface area contributed by atoms with Crippen LogP contribution in [0.3, 0.4) is 0 Å². The van der Waals surface area contributed by atoms with Gasteiger partial charge < -0.3 is 10.2 Å². The van der Waals surface area contributed by atoms with Crippen LogP contribution in [0.15, 0.2) is 0 Å². The number of amides is 4. The van der Waals surface area contributed by atoms with Gasteiger partial charge in [0.1, 0.15) is 5.54 Å². The fourth-order valence-corrected chi connectivity index (χ4v) is 2.75. The maximum absolute atomic E-state index is 12.1. The van der Waals surface area contributed by atoms with Crippen LogP contribution in [0.1, 0.15) is 38.5 Å². The van der Waals surface area contributed by atoms with Crippen molar-refractivity contribution in [3.63, 3.8) is 0 Å². The number of hydrogen-bond donors (Lipinski definition) is 2. The van der Waals surface area contributed by atoms with Crippen molar-refractivity contribution in [3.05, 3.63) is 0 Å². The van der Waals surface area contributed by atoms with E-state index >= 15 is 0 Å². The molecule has 2 rings (SSSR count). The molecule has 0 aromatic heterocycles. The molecule has 2 fully saturated rings. The largest absolute Gasteiger partial charge is 0.340 e. The number of nitrogens with one attached hydrogen (secondary N) is 2. The second-order valence-corrected chi connectivity index (χ2v) is 5.32. The van der Waals surface area contributed by atoms with Gasteiger partial charge in [-0.15, -0.1) is 12.3 Å². The smallest absolute Gasteiger partial charge is 0.322 e. The van der Waals surface area contributed by atoms with Crippen LogP contribution in [0.5, 0.6) is 0 Å². The standard InChI is InChI=1S/C14H19N3O3/c1-2-3-4-5-7-11(18)17-9-6-8-14(10-17)12(19)15-13(20)16-14/h1H,3-10H2,(H2,15,16,19,20). The Bertz CT molecular complexity index is 469. The maximum Gasteiger partial charge on any atom is 0.322 e. The summed E-state index contributed by atoms with van der Waals surface area (Å²) < 4.78 is 0. The Balaban J connectivity index is 1.90. The second kappa shape index (κ2) is 5.95. The highest BCUT2D eigenvalue weighted by molar-refractivity contribution is 6.07. The lowest BCUT2D eigenvalue weighted by Gasteiger charge is -2.38. The van der Waals surface area contributed by atoms with Crippen molar-refractivity contribution in [2.45, 2.75) is 44.1 Å². The zero-order valence-corrected chi connectivity index (χ0v) is 11.4. The van der Waals surface area contributed by atoms with Crippen molar-refractivity contribution in [2.75, 3.05) is 13.1 Å². The number of carbonyl (C=O) groups is 3. The molecule has 2 N–H and O–H groups in total. The van der Waals surface area contributed by atoms with E-state index < -0.39 is 11.6 Å². The number of rotatable bonds is 4. The minimum atomic E-state index is -0.927. The first kappa shape index (κ1) is 14.4. The lowest BCUT2D eigenvalue weighted by atomic mass is 9.89. The average molecular weight is 277 g/mol. The summed E-state index contributed by atoms with van der Waals surface area (Å²) in [5.41, 5.74) is -0.927. The van der Waals surface area contributed by atoms with Gasteiger partial charge in [-0.1, -0.05) is 0 Å². The Hall–Kier alpha value is -2.03. The molecule has 108 valence electrons. The summed E-state index contributed by atoms with van der Waals surface area (Å²) in [6.07, 6.45) is 9.15. The molecule has 20 heavy (non-hydrogen) atoms. The lowest BCUT2D eigenvalue weighted by molar-refractivity contribution is -0.136. The first-order valence-electron chi connectivity index (χ1n) is 6.92. The molecule has 2 aliphatic rings. The molecule has 1 spiro atoms. The fourth-order valence-electron chi connectivity index (χ4n) is 2.75. The summed E-state index contributed by atoms with van der Waals surface area (Å²) in [7, 11) is 0. The summed E-state index contributed by atoms with van der Waals surface area (Å²) in [6, 6.07) is -0.474. The van der Waals surface area contributed by atoms with Gasteiger partial charge in [-0.3, -0.25) is 14.9 Å². The molecule has 0 aromatic carbocycles. The molecule has 2 saturated heterocycles. The molecule has 4 amide bonds. The second-order valence-electron chi connectivity index (χ2n) is 5.32. The number of carbonyl (C=O) groups excluding carboxylic acids is 3. The zero-order valence-electron chi connectivity index (χ0n) is 11.4. The van der Waals surface area contributed by atoms with E-state index in [0.29, 0.717) is 32.2 Å². The molecule has 6 heteroatoms. The number of terminal acetylenes is 1. The van der Waals surface area contributed by atoms with Crippen LogP contribution in [-0.4, -0.2) is 41.4 Å². The quantitative estimate of drug-likeness (QED) is 0.443. The van der Waals surface area contributed by atoms with Gasteiger partial charge in [0.25, 0.3) is 5.91 Å². The summed E-state index contributed by atoms with van der Waals surface area (Å²) in [5, 5.41) is 4.91. The van der Waals surface area contributed by atoms with E-state index in [-0.39, 0.29) is 18.4 Å². The number of piperidine rings is 1. The summed E-state index contributed by atoms with van der Waals surface area (Å²) in [6.45, 7) is 0.900. The Labute approximate surface area is 118 Å². The normalized spacial score (nSPS) is 25.2. The van der Waals surface area contributed by atoms with E-state index in [1.165, 1.54) is 0 Å². The Kier molecular flexibility index (Phi) is 4.28. The molecule has 0 bridgehead atoms. The molecule has 0 aromatic rings. The van der Waals surface area contributed by atoms with E-state index in [1.54, 1.807) is 4.90 Å². The van der Waals surface area contributed by atoms with Crippen LogP contribution in [0.2, 0.25) is 0 Å². The van der Waals surface area contributed by atoms with Gasteiger partial charge in [-0.05, 0) is 25.7 Å². The van der Waals surface area contributed by atoms with Gasteiger partial charge in [0.2, 0.25) is 5.91 Å². The number of urea groups is 1. The topological polar surface area (TPSA) is 78.5 Å². The number of imide groups is 1. The van der Waals surface area contributed by atoms with Crippen LogP contribution in [0.4, 0.5) is 4.79 Å². The molecular formula is C14H19N3O3. The molecule has 2 heterocycles. The Morgan fingerprint density at radius 1 is 1.40 bits per heavy atom. The Morgan fingerprint density at radius 3 is 2.85 bits per heavy atom. The molecule has 1 atom stereocenters. The van der Waals surface area contributed by atoms with Crippen molar-refractivity contribution in [3.8, 4) is 12.3 Å². The average Bonchev–Trinajstić information content (AvgIpc) is 2.68. The number of likely N-dealkylation sites (tertiary alicyclic amines) is 1. The monoisotopic (exact) mass is 277 g/mol. The molecule has 0 aliphatic carbocycles. The van der Waals surface area contributed by atoms with Gasteiger partial charge in [-0.2, -0.15) is 0 Å². The van der Waals surface area contributed by atoms with Gasteiger partial charge in [0, 0.05) is 19.4 Å². The molecule has 1 unspecified atom stereocenters. The highest BCUT2D eigenvalue weighted by Crippen LogP contribution is 2.25. The fraction of sp³-hybridized carbons (Fsp3) is 0.643. The van der Waals surface area contributed by atoms with Crippen molar-refractivity contribution in [1.29, 1.82) is 0 Å². The van der Waals surface area contributed by atoms with Crippen molar-refractivity contribution < 1.29 is 14.4 Å². The van der Waals surface area contributed by atoms with Crippen LogP contribution in [-0.2, 0) is 9.59 Å². The van der Waals surface area contributed by atoms with Gasteiger partial charge >= 0.3 is 6.03 Å².